The van der Waals surface area contributed by atoms with Crippen LogP contribution in [0.2, 0.25) is 0 Å². The Hall–Kier alpha value is -1.39. The molecular formula is C14H20N2O2. The zero-order valence-corrected chi connectivity index (χ0v) is 10.8. The van der Waals surface area contributed by atoms with Crippen LogP contribution in [0.25, 0.3) is 0 Å². The van der Waals surface area contributed by atoms with Crippen molar-refractivity contribution in [3.05, 3.63) is 35.4 Å². The van der Waals surface area contributed by atoms with Crippen LogP contribution in [0.3, 0.4) is 0 Å². The smallest absolute Gasteiger partial charge is 0.337 e. The van der Waals surface area contributed by atoms with Gasteiger partial charge in [0.05, 0.1) is 12.7 Å². The summed E-state index contributed by atoms with van der Waals surface area (Å²) in [7, 11) is 1.39. The molecule has 0 aliphatic carbocycles. The monoisotopic (exact) mass is 248 g/mol. The van der Waals surface area contributed by atoms with Crippen molar-refractivity contribution in [2.45, 2.75) is 25.4 Å². The van der Waals surface area contributed by atoms with Crippen molar-refractivity contribution in [3.8, 4) is 0 Å². The number of esters is 1. The Kier molecular flexibility index (Phi) is 4.33. The van der Waals surface area contributed by atoms with Crippen LogP contribution in [0.4, 0.5) is 0 Å². The molecule has 1 atom stereocenters. The van der Waals surface area contributed by atoms with E-state index in [1.807, 2.05) is 24.3 Å². The maximum atomic E-state index is 11.3. The van der Waals surface area contributed by atoms with Gasteiger partial charge in [-0.25, -0.2) is 4.79 Å². The summed E-state index contributed by atoms with van der Waals surface area (Å²) in [5.41, 5.74) is 7.76. The highest BCUT2D eigenvalue weighted by Gasteiger charge is 2.16. The standard InChI is InChI=1S/C14H20N2O2/c1-18-14(17)12-6-4-11(5-7-12)9-16-8-2-3-13(15)10-16/h4-7,13H,2-3,8-10,15H2,1H3. The Morgan fingerprint density at radius 3 is 2.78 bits per heavy atom. The fraction of sp³-hybridized carbons (Fsp3) is 0.500. The first-order chi connectivity index (χ1) is 8.69. The molecule has 0 bridgehead atoms. The number of hydrogen-bond donors (Lipinski definition) is 1. The molecule has 4 nitrogen and oxygen atoms in total. The van der Waals surface area contributed by atoms with Gasteiger partial charge in [-0.15, -0.1) is 0 Å². The van der Waals surface area contributed by atoms with Gasteiger partial charge < -0.3 is 10.5 Å². The number of carbonyl (C=O) groups is 1. The highest BCUT2D eigenvalue weighted by Crippen LogP contribution is 2.13. The Bertz CT molecular complexity index is 403. The summed E-state index contributed by atoms with van der Waals surface area (Å²) < 4.78 is 4.67. The molecule has 18 heavy (non-hydrogen) atoms. The van der Waals surface area contributed by atoms with Crippen molar-refractivity contribution in [3.63, 3.8) is 0 Å². The lowest BCUT2D eigenvalue weighted by Crippen LogP contribution is -2.42. The van der Waals surface area contributed by atoms with Gasteiger partial charge in [0, 0.05) is 19.1 Å². The minimum absolute atomic E-state index is 0.290. The molecule has 1 aliphatic heterocycles. The van der Waals surface area contributed by atoms with Crippen molar-refractivity contribution < 1.29 is 9.53 Å². The molecule has 1 heterocycles. The fourth-order valence-electron chi connectivity index (χ4n) is 2.36. The molecule has 1 fully saturated rings. The number of rotatable bonds is 3. The summed E-state index contributed by atoms with van der Waals surface area (Å²) in [4.78, 5) is 13.7. The molecular weight excluding hydrogens is 228 g/mol. The van der Waals surface area contributed by atoms with Crippen LogP contribution in [0.5, 0.6) is 0 Å². The lowest BCUT2D eigenvalue weighted by atomic mass is 10.1. The van der Waals surface area contributed by atoms with E-state index in [1.54, 1.807) is 0 Å². The molecule has 0 spiro atoms. The molecule has 98 valence electrons. The van der Waals surface area contributed by atoms with Crippen LogP contribution in [-0.2, 0) is 11.3 Å². The van der Waals surface area contributed by atoms with E-state index in [4.69, 9.17) is 5.73 Å². The van der Waals surface area contributed by atoms with Gasteiger partial charge >= 0.3 is 5.97 Å². The minimum atomic E-state index is -0.290. The van der Waals surface area contributed by atoms with Crippen LogP contribution in [0.1, 0.15) is 28.8 Å². The maximum Gasteiger partial charge on any atom is 0.337 e. The van der Waals surface area contributed by atoms with Crippen molar-refractivity contribution in [2.75, 3.05) is 20.2 Å². The number of nitrogens with zero attached hydrogens (tertiary/aromatic N) is 1. The quantitative estimate of drug-likeness (QED) is 0.821. The summed E-state index contributed by atoms with van der Waals surface area (Å²) in [5, 5.41) is 0. The van der Waals surface area contributed by atoms with Gasteiger partial charge in [0.2, 0.25) is 0 Å². The molecule has 2 rings (SSSR count). The normalized spacial score (nSPS) is 20.7. The number of hydrogen-bond acceptors (Lipinski definition) is 4. The molecule has 1 saturated heterocycles. The summed E-state index contributed by atoms with van der Waals surface area (Å²) in [6.07, 6.45) is 2.29. The number of benzene rings is 1. The minimum Gasteiger partial charge on any atom is -0.465 e. The van der Waals surface area contributed by atoms with Crippen LogP contribution in [0.15, 0.2) is 24.3 Å². The van der Waals surface area contributed by atoms with E-state index in [-0.39, 0.29) is 5.97 Å². The lowest BCUT2D eigenvalue weighted by Gasteiger charge is -2.30. The first-order valence-electron chi connectivity index (χ1n) is 6.34. The van der Waals surface area contributed by atoms with Crippen LogP contribution < -0.4 is 5.73 Å². The van der Waals surface area contributed by atoms with Gasteiger partial charge in [-0.3, -0.25) is 4.90 Å². The predicted molar refractivity (Wildman–Crippen MR) is 70.3 cm³/mol. The molecule has 0 radical (unpaired) electrons. The number of piperidine rings is 1. The Balaban J connectivity index is 1.95. The second-order valence-corrected chi connectivity index (χ2v) is 4.83. The van der Waals surface area contributed by atoms with Gasteiger partial charge in [0.1, 0.15) is 0 Å². The van der Waals surface area contributed by atoms with Gasteiger partial charge in [-0.1, -0.05) is 12.1 Å². The number of carbonyl (C=O) groups excluding carboxylic acids is 1. The summed E-state index contributed by atoms with van der Waals surface area (Å²) in [6, 6.07) is 7.88. The molecule has 0 aromatic heterocycles. The van der Waals surface area contributed by atoms with E-state index >= 15 is 0 Å². The van der Waals surface area contributed by atoms with Crippen LogP contribution in [-0.4, -0.2) is 37.1 Å². The lowest BCUT2D eigenvalue weighted by molar-refractivity contribution is 0.0600. The molecule has 2 N–H and O–H groups in total. The van der Waals surface area contributed by atoms with Crippen molar-refractivity contribution in [2.24, 2.45) is 5.73 Å². The summed E-state index contributed by atoms with van der Waals surface area (Å²) in [5.74, 6) is -0.290. The molecule has 0 saturated carbocycles. The van der Waals surface area contributed by atoms with E-state index in [9.17, 15) is 4.79 Å². The molecule has 1 aromatic rings. The SMILES string of the molecule is COC(=O)c1ccc(CN2CCCC(N)C2)cc1. The largest absolute Gasteiger partial charge is 0.465 e. The van der Waals surface area contributed by atoms with Gasteiger partial charge in [-0.2, -0.15) is 0 Å². The average Bonchev–Trinajstić information content (AvgIpc) is 2.39. The van der Waals surface area contributed by atoms with Crippen molar-refractivity contribution >= 4 is 5.97 Å². The van der Waals surface area contributed by atoms with E-state index in [1.165, 1.54) is 19.1 Å². The Labute approximate surface area is 108 Å². The van der Waals surface area contributed by atoms with Gasteiger partial charge in [0.25, 0.3) is 0 Å². The number of methoxy groups -OCH3 is 1. The van der Waals surface area contributed by atoms with Crippen LogP contribution >= 0.6 is 0 Å². The van der Waals surface area contributed by atoms with E-state index in [0.717, 1.165) is 26.1 Å². The van der Waals surface area contributed by atoms with Crippen molar-refractivity contribution in [1.82, 2.24) is 4.90 Å². The third-order valence-corrected chi connectivity index (χ3v) is 3.32. The van der Waals surface area contributed by atoms with E-state index in [0.29, 0.717) is 11.6 Å². The third-order valence-electron chi connectivity index (χ3n) is 3.32. The van der Waals surface area contributed by atoms with E-state index < -0.39 is 0 Å². The second-order valence-electron chi connectivity index (χ2n) is 4.83. The zero-order valence-electron chi connectivity index (χ0n) is 10.8. The highest BCUT2D eigenvalue weighted by molar-refractivity contribution is 5.89. The maximum absolute atomic E-state index is 11.3. The molecule has 1 aliphatic rings. The second kappa shape index (κ2) is 5.98. The zero-order chi connectivity index (χ0) is 13.0. The fourth-order valence-corrected chi connectivity index (χ4v) is 2.36. The number of ether oxygens (including phenoxy) is 1. The predicted octanol–water partition coefficient (Wildman–Crippen LogP) is 1.40. The van der Waals surface area contributed by atoms with Crippen LogP contribution in [0, 0.1) is 0 Å². The van der Waals surface area contributed by atoms with E-state index in [2.05, 4.69) is 9.64 Å². The highest BCUT2D eigenvalue weighted by atomic mass is 16.5. The number of likely N-dealkylation sites (tertiary alicyclic amines) is 1. The van der Waals surface area contributed by atoms with Crippen molar-refractivity contribution in [1.29, 1.82) is 0 Å². The summed E-state index contributed by atoms with van der Waals surface area (Å²) in [6.45, 7) is 2.96. The number of nitrogens with two attached hydrogens (primary N) is 1. The third kappa shape index (κ3) is 3.31. The molecule has 4 heteroatoms. The van der Waals surface area contributed by atoms with Gasteiger partial charge in [-0.05, 0) is 37.1 Å². The van der Waals surface area contributed by atoms with Gasteiger partial charge in [0.15, 0.2) is 0 Å². The first kappa shape index (κ1) is 13.1. The molecule has 0 amide bonds. The topological polar surface area (TPSA) is 55.6 Å². The molecule has 1 aromatic carbocycles. The first-order valence-corrected chi connectivity index (χ1v) is 6.34. The molecule has 1 unspecified atom stereocenters. The average molecular weight is 248 g/mol. The Morgan fingerprint density at radius 1 is 1.44 bits per heavy atom. The summed E-state index contributed by atoms with van der Waals surface area (Å²) >= 11 is 0. The Morgan fingerprint density at radius 2 is 2.17 bits per heavy atom.